The first-order chi connectivity index (χ1) is 16.8. The van der Waals surface area contributed by atoms with Crippen LogP contribution in [-0.4, -0.2) is 53.7 Å². The summed E-state index contributed by atoms with van der Waals surface area (Å²) in [6.45, 7) is 8.18. The SMILES string of the molecule is C=C[C@@]12CCN(C(=O)[C@H](Cc3ccccc3)NC(C)=O)Cc3ccc(OC)c(c31)O[C@H]2C[C@H](C)O. The number of hydrogen-bond donors (Lipinski definition) is 2. The fourth-order valence-corrected chi connectivity index (χ4v) is 5.43. The second kappa shape index (κ2) is 10.1. The maximum atomic E-state index is 13.8. The van der Waals surface area contributed by atoms with Crippen molar-refractivity contribution in [3.05, 3.63) is 71.8 Å². The van der Waals surface area contributed by atoms with Crippen LogP contribution in [0.2, 0.25) is 0 Å². The van der Waals surface area contributed by atoms with E-state index >= 15 is 0 Å². The molecule has 2 N–H and O–H groups in total. The molecule has 0 radical (unpaired) electrons. The molecular formula is C28H34N2O5. The van der Waals surface area contributed by atoms with Gasteiger partial charge in [-0.3, -0.25) is 9.59 Å². The minimum Gasteiger partial charge on any atom is -0.493 e. The molecule has 0 saturated carbocycles. The summed E-state index contributed by atoms with van der Waals surface area (Å²) in [6, 6.07) is 12.9. The lowest BCUT2D eigenvalue weighted by Crippen LogP contribution is -2.49. The summed E-state index contributed by atoms with van der Waals surface area (Å²) >= 11 is 0. The highest BCUT2D eigenvalue weighted by Crippen LogP contribution is 2.54. The molecule has 2 heterocycles. The number of amides is 2. The van der Waals surface area contributed by atoms with Crippen molar-refractivity contribution in [1.29, 1.82) is 0 Å². The average molecular weight is 479 g/mol. The van der Waals surface area contributed by atoms with Gasteiger partial charge in [-0.1, -0.05) is 42.5 Å². The molecular weight excluding hydrogens is 444 g/mol. The second-order valence-electron chi connectivity index (χ2n) is 9.52. The molecule has 0 aliphatic carbocycles. The van der Waals surface area contributed by atoms with Crippen LogP contribution >= 0.6 is 0 Å². The van der Waals surface area contributed by atoms with Gasteiger partial charge in [0.15, 0.2) is 11.5 Å². The quantitative estimate of drug-likeness (QED) is 0.569. The Labute approximate surface area is 206 Å². The lowest BCUT2D eigenvalue weighted by atomic mass is 9.72. The first-order valence-corrected chi connectivity index (χ1v) is 12.1. The van der Waals surface area contributed by atoms with Crippen LogP contribution in [0.1, 0.15) is 43.4 Å². The highest BCUT2D eigenvalue weighted by atomic mass is 16.5. The Hall–Kier alpha value is -3.32. The highest BCUT2D eigenvalue weighted by molar-refractivity contribution is 5.87. The second-order valence-corrected chi connectivity index (χ2v) is 9.52. The van der Waals surface area contributed by atoms with Crippen LogP contribution in [-0.2, 0) is 28.0 Å². The van der Waals surface area contributed by atoms with Crippen molar-refractivity contribution in [3.63, 3.8) is 0 Å². The molecule has 186 valence electrons. The average Bonchev–Trinajstić information content (AvgIpc) is 3.03. The van der Waals surface area contributed by atoms with E-state index in [9.17, 15) is 14.7 Å². The number of ether oxygens (including phenoxy) is 2. The molecule has 35 heavy (non-hydrogen) atoms. The Bertz CT molecular complexity index is 1100. The van der Waals surface area contributed by atoms with Gasteiger partial charge < -0.3 is 24.8 Å². The third kappa shape index (κ3) is 4.78. The topological polar surface area (TPSA) is 88.1 Å². The number of rotatable bonds is 8. The van der Waals surface area contributed by atoms with Crippen LogP contribution in [0.4, 0.5) is 0 Å². The third-order valence-corrected chi connectivity index (χ3v) is 7.07. The predicted molar refractivity (Wildman–Crippen MR) is 133 cm³/mol. The van der Waals surface area contributed by atoms with Gasteiger partial charge in [0.25, 0.3) is 0 Å². The Morgan fingerprint density at radius 2 is 2.06 bits per heavy atom. The zero-order chi connectivity index (χ0) is 25.2. The normalized spacial score (nSPS) is 22.3. The molecule has 2 amide bonds. The van der Waals surface area contributed by atoms with Gasteiger partial charge in [0.1, 0.15) is 12.1 Å². The van der Waals surface area contributed by atoms with E-state index in [1.807, 2.05) is 53.4 Å². The van der Waals surface area contributed by atoms with Crippen molar-refractivity contribution in [3.8, 4) is 11.5 Å². The highest BCUT2D eigenvalue weighted by Gasteiger charge is 2.51. The van der Waals surface area contributed by atoms with Gasteiger partial charge in [0, 0.05) is 38.4 Å². The van der Waals surface area contributed by atoms with Gasteiger partial charge in [-0.25, -0.2) is 0 Å². The van der Waals surface area contributed by atoms with Crippen molar-refractivity contribution >= 4 is 11.8 Å². The standard InChI is InChI=1S/C28H34N2O5/c1-5-28-13-14-30(27(33)22(29-19(3)32)16-20-9-7-6-8-10-20)17-21-11-12-23(34-4)26(25(21)28)35-24(28)15-18(2)31/h5-12,18,22,24,31H,1,13-17H2,2-4H3,(H,29,32)/t18-,22-,24-,28-/m0/s1. The molecule has 4 rings (SSSR count). The molecule has 7 heteroatoms. The van der Waals surface area contributed by atoms with E-state index in [-0.39, 0.29) is 17.9 Å². The molecule has 0 fully saturated rings. The van der Waals surface area contributed by atoms with Crippen molar-refractivity contribution in [1.82, 2.24) is 10.2 Å². The van der Waals surface area contributed by atoms with Crippen molar-refractivity contribution in [2.24, 2.45) is 0 Å². The summed E-state index contributed by atoms with van der Waals surface area (Å²) in [6.07, 6.45) is 2.45. The van der Waals surface area contributed by atoms with E-state index in [0.29, 0.717) is 43.9 Å². The summed E-state index contributed by atoms with van der Waals surface area (Å²) < 4.78 is 12.0. The summed E-state index contributed by atoms with van der Waals surface area (Å²) in [7, 11) is 1.60. The third-order valence-electron chi connectivity index (χ3n) is 7.07. The van der Waals surface area contributed by atoms with E-state index in [1.54, 1.807) is 14.0 Å². The van der Waals surface area contributed by atoms with Crippen molar-refractivity contribution in [2.75, 3.05) is 13.7 Å². The van der Waals surface area contributed by atoms with E-state index in [1.165, 1.54) is 6.92 Å². The number of methoxy groups -OCH3 is 1. The zero-order valence-electron chi connectivity index (χ0n) is 20.6. The molecule has 0 spiro atoms. The van der Waals surface area contributed by atoms with Crippen LogP contribution in [0.5, 0.6) is 11.5 Å². The molecule has 2 aliphatic heterocycles. The molecule has 2 aromatic rings. The minimum atomic E-state index is -0.667. The van der Waals surface area contributed by atoms with E-state index in [4.69, 9.17) is 9.47 Å². The van der Waals surface area contributed by atoms with Crippen LogP contribution in [0, 0.1) is 0 Å². The molecule has 4 atom stereocenters. The van der Waals surface area contributed by atoms with Crippen LogP contribution in [0.3, 0.4) is 0 Å². The summed E-state index contributed by atoms with van der Waals surface area (Å²) in [4.78, 5) is 27.6. The maximum absolute atomic E-state index is 13.8. The number of carbonyl (C=O) groups excluding carboxylic acids is 2. The zero-order valence-corrected chi connectivity index (χ0v) is 20.6. The molecule has 0 aromatic heterocycles. The first-order valence-electron chi connectivity index (χ1n) is 12.1. The molecule has 2 aromatic carbocycles. The monoisotopic (exact) mass is 478 g/mol. The summed E-state index contributed by atoms with van der Waals surface area (Å²) in [5, 5.41) is 13.0. The Morgan fingerprint density at radius 1 is 1.31 bits per heavy atom. The van der Waals surface area contributed by atoms with Gasteiger partial charge in [-0.05, 0) is 30.5 Å². The molecule has 7 nitrogen and oxygen atoms in total. The van der Waals surface area contributed by atoms with Crippen LogP contribution in [0.15, 0.2) is 55.1 Å². The lowest BCUT2D eigenvalue weighted by molar-refractivity contribution is -0.136. The number of nitrogens with one attached hydrogen (secondary N) is 1. The van der Waals surface area contributed by atoms with Gasteiger partial charge in [0.05, 0.1) is 18.6 Å². The van der Waals surface area contributed by atoms with Gasteiger partial charge in [0.2, 0.25) is 11.8 Å². The molecule has 0 saturated heterocycles. The summed E-state index contributed by atoms with van der Waals surface area (Å²) in [5.74, 6) is 0.921. The Balaban J connectivity index is 1.70. The number of aliphatic hydroxyl groups excluding tert-OH is 1. The van der Waals surface area contributed by atoms with Crippen LogP contribution in [0.25, 0.3) is 0 Å². The fourth-order valence-electron chi connectivity index (χ4n) is 5.43. The van der Waals surface area contributed by atoms with E-state index < -0.39 is 17.6 Å². The van der Waals surface area contributed by atoms with Gasteiger partial charge in [-0.15, -0.1) is 6.58 Å². The number of benzene rings is 2. The maximum Gasteiger partial charge on any atom is 0.245 e. The lowest BCUT2D eigenvalue weighted by Gasteiger charge is -2.32. The van der Waals surface area contributed by atoms with Gasteiger partial charge in [-0.2, -0.15) is 0 Å². The van der Waals surface area contributed by atoms with Crippen LogP contribution < -0.4 is 14.8 Å². The van der Waals surface area contributed by atoms with E-state index in [2.05, 4.69) is 11.9 Å². The Morgan fingerprint density at radius 3 is 2.69 bits per heavy atom. The van der Waals surface area contributed by atoms with E-state index in [0.717, 1.165) is 16.7 Å². The molecule has 0 bridgehead atoms. The minimum absolute atomic E-state index is 0.124. The largest absolute Gasteiger partial charge is 0.493 e. The number of aliphatic hydroxyl groups is 1. The predicted octanol–water partition coefficient (Wildman–Crippen LogP) is 3.13. The van der Waals surface area contributed by atoms with Crippen molar-refractivity contribution < 1.29 is 24.2 Å². The first kappa shape index (κ1) is 24.8. The fraction of sp³-hybridized carbons (Fsp3) is 0.429. The number of carbonyl (C=O) groups is 2. The van der Waals surface area contributed by atoms with Crippen molar-refractivity contribution in [2.45, 2.75) is 63.3 Å². The van der Waals surface area contributed by atoms with Gasteiger partial charge >= 0.3 is 0 Å². The molecule has 0 unspecified atom stereocenters. The number of hydrogen-bond acceptors (Lipinski definition) is 5. The summed E-state index contributed by atoms with van der Waals surface area (Å²) in [5.41, 5.74) is 2.36. The molecule has 2 aliphatic rings. The smallest absolute Gasteiger partial charge is 0.245 e. The number of nitrogens with zero attached hydrogens (tertiary/aromatic N) is 1. The Kier molecular flexibility index (Phi) is 7.17.